The highest BCUT2D eigenvalue weighted by Crippen LogP contribution is 2.20. The van der Waals surface area contributed by atoms with E-state index in [9.17, 15) is 14.4 Å². The van der Waals surface area contributed by atoms with Crippen LogP contribution in [0.3, 0.4) is 0 Å². The van der Waals surface area contributed by atoms with Crippen molar-refractivity contribution in [1.29, 1.82) is 0 Å². The number of carbonyl (C=O) groups excluding carboxylic acids is 2. The fraction of sp³-hybridized carbons (Fsp3) is 0.250. The van der Waals surface area contributed by atoms with Gasteiger partial charge in [-0.1, -0.05) is 12.1 Å². The fourth-order valence-electron chi connectivity index (χ4n) is 2.47. The van der Waals surface area contributed by atoms with Gasteiger partial charge in [-0.25, -0.2) is 0 Å². The van der Waals surface area contributed by atoms with E-state index in [4.69, 9.17) is 5.11 Å². The number of hydrogen-bond acceptors (Lipinski definition) is 3. The molecular formula is C20H20N2O4. The fourth-order valence-corrected chi connectivity index (χ4v) is 2.47. The SMILES string of the molecule is CC(C(=O)O)c1ccc(NC(=O)c2ccc(C(=O)NC3CC3)cc2)cc1. The second-order valence-electron chi connectivity index (χ2n) is 6.46. The van der Waals surface area contributed by atoms with Crippen LogP contribution in [-0.4, -0.2) is 28.9 Å². The third-order valence-corrected chi connectivity index (χ3v) is 4.36. The molecule has 0 saturated heterocycles. The minimum absolute atomic E-state index is 0.123. The van der Waals surface area contributed by atoms with Crippen molar-refractivity contribution in [2.45, 2.75) is 31.7 Å². The Balaban J connectivity index is 1.62. The lowest BCUT2D eigenvalue weighted by molar-refractivity contribution is -0.138. The van der Waals surface area contributed by atoms with Crippen molar-refractivity contribution in [3.05, 3.63) is 65.2 Å². The highest BCUT2D eigenvalue weighted by Gasteiger charge is 2.23. The van der Waals surface area contributed by atoms with E-state index in [0.717, 1.165) is 12.8 Å². The van der Waals surface area contributed by atoms with Crippen molar-refractivity contribution in [3.8, 4) is 0 Å². The maximum atomic E-state index is 12.3. The number of nitrogens with one attached hydrogen (secondary N) is 2. The second kappa shape index (κ2) is 7.39. The molecule has 134 valence electrons. The van der Waals surface area contributed by atoms with Crippen molar-refractivity contribution in [2.24, 2.45) is 0 Å². The van der Waals surface area contributed by atoms with Crippen LogP contribution in [0.15, 0.2) is 48.5 Å². The van der Waals surface area contributed by atoms with Crippen molar-refractivity contribution in [3.63, 3.8) is 0 Å². The smallest absolute Gasteiger partial charge is 0.310 e. The van der Waals surface area contributed by atoms with Gasteiger partial charge in [0.15, 0.2) is 0 Å². The summed E-state index contributed by atoms with van der Waals surface area (Å²) in [5, 5.41) is 14.7. The molecule has 3 rings (SSSR count). The number of carboxylic acid groups (broad SMARTS) is 1. The first-order valence-electron chi connectivity index (χ1n) is 8.49. The monoisotopic (exact) mass is 352 g/mol. The summed E-state index contributed by atoms with van der Waals surface area (Å²) < 4.78 is 0. The van der Waals surface area contributed by atoms with E-state index >= 15 is 0 Å². The molecule has 6 nitrogen and oxygen atoms in total. The quantitative estimate of drug-likeness (QED) is 0.745. The van der Waals surface area contributed by atoms with Gasteiger partial charge in [-0.15, -0.1) is 0 Å². The van der Waals surface area contributed by atoms with Crippen LogP contribution in [0.2, 0.25) is 0 Å². The van der Waals surface area contributed by atoms with Crippen LogP contribution in [0.1, 0.15) is 52.0 Å². The second-order valence-corrected chi connectivity index (χ2v) is 6.46. The number of hydrogen-bond donors (Lipinski definition) is 3. The van der Waals surface area contributed by atoms with Crippen LogP contribution in [-0.2, 0) is 4.79 Å². The average Bonchev–Trinajstić information content (AvgIpc) is 3.45. The van der Waals surface area contributed by atoms with E-state index in [0.29, 0.717) is 22.4 Å². The highest BCUT2D eigenvalue weighted by atomic mass is 16.4. The van der Waals surface area contributed by atoms with Crippen molar-refractivity contribution in [2.75, 3.05) is 5.32 Å². The van der Waals surface area contributed by atoms with E-state index < -0.39 is 11.9 Å². The van der Waals surface area contributed by atoms with Crippen LogP contribution in [0.5, 0.6) is 0 Å². The predicted octanol–water partition coefficient (Wildman–Crippen LogP) is 3.02. The first-order chi connectivity index (χ1) is 12.4. The standard InChI is InChI=1S/C20H20N2O4/c1-12(20(25)26)13-6-8-16(9-7-13)21-18(23)14-2-4-15(5-3-14)19(24)22-17-10-11-17/h2-9,12,17H,10-11H2,1H3,(H,21,23)(H,22,24)(H,25,26). The average molecular weight is 352 g/mol. The van der Waals surface area contributed by atoms with Crippen molar-refractivity contribution < 1.29 is 19.5 Å². The molecule has 0 aliphatic heterocycles. The summed E-state index contributed by atoms with van der Waals surface area (Å²) in [6.45, 7) is 1.61. The summed E-state index contributed by atoms with van der Waals surface area (Å²) in [6, 6.07) is 13.5. The Bertz CT molecular complexity index is 824. The molecule has 0 radical (unpaired) electrons. The normalized spacial score (nSPS) is 14.3. The molecule has 2 aromatic rings. The lowest BCUT2D eigenvalue weighted by Crippen LogP contribution is -2.25. The molecule has 1 unspecified atom stereocenters. The molecule has 3 N–H and O–H groups in total. The zero-order valence-electron chi connectivity index (χ0n) is 14.4. The lowest BCUT2D eigenvalue weighted by atomic mass is 10.0. The Morgan fingerprint density at radius 2 is 1.46 bits per heavy atom. The van der Waals surface area contributed by atoms with Gasteiger partial charge in [0.1, 0.15) is 0 Å². The number of aliphatic carboxylic acids is 1. The van der Waals surface area contributed by atoms with Gasteiger partial charge >= 0.3 is 5.97 Å². The summed E-state index contributed by atoms with van der Waals surface area (Å²) in [6.07, 6.45) is 2.05. The Kier molecular flexibility index (Phi) is 5.02. The van der Waals surface area contributed by atoms with Gasteiger partial charge in [-0.05, 0) is 61.7 Å². The van der Waals surface area contributed by atoms with Crippen LogP contribution in [0.25, 0.3) is 0 Å². The van der Waals surface area contributed by atoms with Crippen molar-refractivity contribution in [1.82, 2.24) is 5.32 Å². The predicted molar refractivity (Wildman–Crippen MR) is 97.4 cm³/mol. The Hall–Kier alpha value is -3.15. The first-order valence-corrected chi connectivity index (χ1v) is 8.49. The van der Waals surface area contributed by atoms with E-state index in [-0.39, 0.29) is 17.9 Å². The molecule has 1 atom stereocenters. The van der Waals surface area contributed by atoms with E-state index in [2.05, 4.69) is 10.6 Å². The van der Waals surface area contributed by atoms with Crippen LogP contribution in [0.4, 0.5) is 5.69 Å². The maximum Gasteiger partial charge on any atom is 0.310 e. The van der Waals surface area contributed by atoms with Gasteiger partial charge in [0.05, 0.1) is 5.92 Å². The van der Waals surface area contributed by atoms with Gasteiger partial charge in [-0.2, -0.15) is 0 Å². The largest absolute Gasteiger partial charge is 0.481 e. The molecule has 0 heterocycles. The van der Waals surface area contributed by atoms with Gasteiger partial charge in [0.25, 0.3) is 11.8 Å². The Morgan fingerprint density at radius 3 is 1.96 bits per heavy atom. The van der Waals surface area contributed by atoms with Crippen LogP contribution in [0, 0.1) is 0 Å². The molecule has 0 aromatic heterocycles. The van der Waals surface area contributed by atoms with Gasteiger partial charge < -0.3 is 15.7 Å². The Labute approximate surface area is 151 Å². The van der Waals surface area contributed by atoms with Gasteiger partial charge in [-0.3, -0.25) is 14.4 Å². The molecule has 2 amide bonds. The molecule has 1 saturated carbocycles. The number of anilines is 1. The molecule has 0 bridgehead atoms. The molecule has 1 aliphatic carbocycles. The number of benzene rings is 2. The lowest BCUT2D eigenvalue weighted by Gasteiger charge is -2.09. The number of carbonyl (C=O) groups is 3. The summed E-state index contributed by atoms with van der Waals surface area (Å²) in [5.41, 5.74) is 2.21. The van der Waals surface area contributed by atoms with E-state index in [1.807, 2.05) is 0 Å². The topological polar surface area (TPSA) is 95.5 Å². The van der Waals surface area contributed by atoms with E-state index in [1.54, 1.807) is 55.5 Å². The molecule has 26 heavy (non-hydrogen) atoms. The summed E-state index contributed by atoms with van der Waals surface area (Å²) in [5.74, 6) is -1.91. The third kappa shape index (κ3) is 4.27. The summed E-state index contributed by atoms with van der Waals surface area (Å²) in [4.78, 5) is 35.2. The van der Waals surface area contributed by atoms with Crippen LogP contribution < -0.4 is 10.6 Å². The van der Waals surface area contributed by atoms with Gasteiger partial charge in [0, 0.05) is 22.9 Å². The highest BCUT2D eigenvalue weighted by molar-refractivity contribution is 6.05. The number of amides is 2. The van der Waals surface area contributed by atoms with Gasteiger partial charge in [0.2, 0.25) is 0 Å². The molecule has 0 spiro atoms. The van der Waals surface area contributed by atoms with E-state index in [1.165, 1.54) is 0 Å². The summed E-state index contributed by atoms with van der Waals surface area (Å²) >= 11 is 0. The molecule has 1 fully saturated rings. The maximum absolute atomic E-state index is 12.3. The van der Waals surface area contributed by atoms with Crippen LogP contribution >= 0.6 is 0 Å². The summed E-state index contributed by atoms with van der Waals surface area (Å²) in [7, 11) is 0. The molecule has 6 heteroatoms. The number of rotatable bonds is 6. The van der Waals surface area contributed by atoms with Crippen molar-refractivity contribution >= 4 is 23.5 Å². The Morgan fingerprint density at radius 1 is 0.923 bits per heavy atom. The molecular weight excluding hydrogens is 332 g/mol. The third-order valence-electron chi connectivity index (χ3n) is 4.36. The minimum atomic E-state index is -0.896. The molecule has 2 aromatic carbocycles. The zero-order chi connectivity index (χ0) is 18.7. The zero-order valence-corrected chi connectivity index (χ0v) is 14.4. The molecule has 1 aliphatic rings. The number of carboxylic acids is 1. The first kappa shape index (κ1) is 17.7. The minimum Gasteiger partial charge on any atom is -0.481 e.